The van der Waals surface area contributed by atoms with Gasteiger partial charge in [-0.15, -0.1) is 11.3 Å². The Bertz CT molecular complexity index is 501. The zero-order valence-electron chi connectivity index (χ0n) is 8.04. The van der Waals surface area contributed by atoms with E-state index in [2.05, 4.69) is 0 Å². The Morgan fingerprint density at radius 2 is 1.88 bits per heavy atom. The lowest BCUT2D eigenvalue weighted by Crippen LogP contribution is -2.17. The van der Waals surface area contributed by atoms with Gasteiger partial charge in [-0.1, -0.05) is 29.8 Å². The van der Waals surface area contributed by atoms with E-state index in [0.29, 0.717) is 15.0 Å². The minimum Gasteiger partial charge on any atom is -0.289 e. The van der Waals surface area contributed by atoms with E-state index in [4.69, 9.17) is 11.6 Å². The molecular weight excluding hydrogens is 266 g/mol. The van der Waals surface area contributed by atoms with Crippen molar-refractivity contribution in [3.63, 3.8) is 0 Å². The summed E-state index contributed by atoms with van der Waals surface area (Å²) in [5, 5.41) is 0.636. The summed E-state index contributed by atoms with van der Waals surface area (Å²) in [6, 6.07) is 12.4. The Morgan fingerprint density at radius 1 is 1.19 bits per heavy atom. The van der Waals surface area contributed by atoms with Crippen LogP contribution in [0.3, 0.4) is 0 Å². The van der Waals surface area contributed by atoms with E-state index in [1.807, 2.05) is 18.2 Å². The fourth-order valence-electron chi connectivity index (χ4n) is 1.27. The first-order valence-electron chi connectivity index (χ1n) is 4.40. The van der Waals surface area contributed by atoms with Gasteiger partial charge in [0.1, 0.15) is 5.00 Å². The van der Waals surface area contributed by atoms with Crippen LogP contribution in [0.1, 0.15) is 0 Å². The van der Waals surface area contributed by atoms with E-state index in [0.717, 1.165) is 0 Å². The number of nitrogens with zero attached hydrogens (tertiary/aromatic N) is 1. The number of thiophene rings is 1. The summed E-state index contributed by atoms with van der Waals surface area (Å²) in [5.74, 6) is 0. The lowest BCUT2D eigenvalue weighted by molar-refractivity contribution is 0.565. The quantitative estimate of drug-likeness (QED) is 0.867. The molecule has 84 valence electrons. The molecule has 0 radical (unpaired) electrons. The number of benzene rings is 1. The highest BCUT2D eigenvalue weighted by molar-refractivity contribution is 7.81. The van der Waals surface area contributed by atoms with Crippen molar-refractivity contribution in [1.82, 2.24) is 0 Å². The molecule has 0 aliphatic rings. The standard InChI is InChI=1S/C10H8ClNO2S2/c11-9-6-7-10(15-9)12(16(13)14)8-4-2-1-3-5-8/h1-7H,(H,13,14). The van der Waals surface area contributed by atoms with Gasteiger partial charge in [-0.3, -0.25) is 4.55 Å². The monoisotopic (exact) mass is 273 g/mol. The van der Waals surface area contributed by atoms with E-state index in [1.165, 1.54) is 15.6 Å². The molecule has 0 saturated heterocycles. The third-order valence-electron chi connectivity index (χ3n) is 1.91. The number of halogens is 1. The number of rotatable bonds is 3. The summed E-state index contributed by atoms with van der Waals surface area (Å²) < 4.78 is 22.5. The van der Waals surface area contributed by atoms with Crippen LogP contribution in [0.25, 0.3) is 0 Å². The molecule has 0 aliphatic carbocycles. The van der Waals surface area contributed by atoms with Crippen molar-refractivity contribution >= 4 is 44.9 Å². The number of anilines is 2. The molecule has 2 rings (SSSR count). The summed E-state index contributed by atoms with van der Waals surface area (Å²) in [5.41, 5.74) is 0.654. The first kappa shape index (κ1) is 11.6. The summed E-state index contributed by atoms with van der Waals surface area (Å²) in [4.78, 5) is 0. The van der Waals surface area contributed by atoms with Crippen LogP contribution in [0.2, 0.25) is 4.34 Å². The molecule has 0 fully saturated rings. The minimum absolute atomic E-state index is 0.585. The van der Waals surface area contributed by atoms with Gasteiger partial charge in [-0.25, -0.2) is 8.51 Å². The van der Waals surface area contributed by atoms with Crippen LogP contribution < -0.4 is 4.31 Å². The highest BCUT2D eigenvalue weighted by Gasteiger charge is 2.16. The molecule has 1 unspecified atom stereocenters. The van der Waals surface area contributed by atoms with Crippen molar-refractivity contribution in [3.8, 4) is 0 Å². The van der Waals surface area contributed by atoms with Crippen molar-refractivity contribution in [2.75, 3.05) is 4.31 Å². The summed E-state index contributed by atoms with van der Waals surface area (Å²) >= 11 is 4.96. The van der Waals surface area contributed by atoms with Crippen LogP contribution in [0, 0.1) is 0 Å². The van der Waals surface area contributed by atoms with E-state index in [9.17, 15) is 8.76 Å². The van der Waals surface area contributed by atoms with Crippen molar-refractivity contribution in [1.29, 1.82) is 0 Å². The number of hydrogen-bond donors (Lipinski definition) is 1. The summed E-state index contributed by atoms with van der Waals surface area (Å²) in [6.45, 7) is 0. The molecule has 2 aromatic rings. The molecule has 0 aliphatic heterocycles. The minimum atomic E-state index is -2.11. The highest BCUT2D eigenvalue weighted by Crippen LogP contribution is 2.34. The van der Waals surface area contributed by atoms with Gasteiger partial charge in [0, 0.05) is 0 Å². The Labute approximate surface area is 105 Å². The summed E-state index contributed by atoms with van der Waals surface area (Å²) in [7, 11) is 0. The first-order valence-corrected chi connectivity index (χ1v) is 6.66. The van der Waals surface area contributed by atoms with Gasteiger partial charge in [-0.2, -0.15) is 0 Å². The van der Waals surface area contributed by atoms with Gasteiger partial charge in [-0.05, 0) is 24.3 Å². The van der Waals surface area contributed by atoms with Gasteiger partial charge in [0.05, 0.1) is 10.0 Å². The summed E-state index contributed by atoms with van der Waals surface area (Å²) in [6.07, 6.45) is 0. The molecule has 3 nitrogen and oxygen atoms in total. The normalized spacial score (nSPS) is 12.4. The van der Waals surface area contributed by atoms with Crippen LogP contribution in [-0.4, -0.2) is 8.76 Å². The molecule has 0 bridgehead atoms. The molecule has 0 saturated carbocycles. The average Bonchev–Trinajstić information content (AvgIpc) is 2.66. The van der Waals surface area contributed by atoms with Gasteiger partial charge >= 0.3 is 0 Å². The fourth-order valence-corrected chi connectivity index (χ4v) is 3.05. The van der Waals surface area contributed by atoms with E-state index < -0.39 is 11.3 Å². The van der Waals surface area contributed by atoms with Crippen LogP contribution in [0.4, 0.5) is 10.7 Å². The molecule has 1 atom stereocenters. The van der Waals surface area contributed by atoms with Gasteiger partial charge in [0.25, 0.3) is 11.3 Å². The number of hydrogen-bond acceptors (Lipinski definition) is 2. The Hall–Kier alpha value is -0.880. The first-order chi connectivity index (χ1) is 7.68. The molecule has 1 N–H and O–H groups in total. The third kappa shape index (κ3) is 2.44. The molecule has 6 heteroatoms. The molecule has 0 amide bonds. The van der Waals surface area contributed by atoms with E-state index >= 15 is 0 Å². The smallest absolute Gasteiger partial charge is 0.267 e. The average molecular weight is 274 g/mol. The topological polar surface area (TPSA) is 40.5 Å². The van der Waals surface area contributed by atoms with Crippen LogP contribution in [-0.2, 0) is 11.3 Å². The van der Waals surface area contributed by atoms with Crippen LogP contribution in [0.5, 0.6) is 0 Å². The Kier molecular flexibility index (Phi) is 3.60. The van der Waals surface area contributed by atoms with Crippen LogP contribution >= 0.6 is 22.9 Å². The lowest BCUT2D eigenvalue weighted by atomic mass is 10.3. The Balaban J connectivity index is 2.43. The molecule has 16 heavy (non-hydrogen) atoms. The second kappa shape index (κ2) is 4.97. The van der Waals surface area contributed by atoms with Crippen LogP contribution in [0.15, 0.2) is 42.5 Å². The molecule has 0 spiro atoms. The van der Waals surface area contributed by atoms with Crippen molar-refractivity contribution in [2.24, 2.45) is 0 Å². The van der Waals surface area contributed by atoms with E-state index in [1.54, 1.807) is 24.3 Å². The van der Waals surface area contributed by atoms with Crippen molar-refractivity contribution in [2.45, 2.75) is 0 Å². The molecule has 1 heterocycles. The molecule has 1 aromatic heterocycles. The molecule has 1 aromatic carbocycles. The second-order valence-electron chi connectivity index (χ2n) is 2.94. The zero-order chi connectivity index (χ0) is 11.5. The fraction of sp³-hybridized carbons (Fsp3) is 0. The lowest BCUT2D eigenvalue weighted by Gasteiger charge is -2.17. The maximum Gasteiger partial charge on any atom is 0.267 e. The maximum absolute atomic E-state index is 11.3. The van der Waals surface area contributed by atoms with Crippen molar-refractivity contribution in [3.05, 3.63) is 46.8 Å². The van der Waals surface area contributed by atoms with Crippen molar-refractivity contribution < 1.29 is 8.76 Å². The van der Waals surface area contributed by atoms with Gasteiger partial charge < -0.3 is 0 Å². The predicted molar refractivity (Wildman–Crippen MR) is 68.7 cm³/mol. The molecular formula is C10H8ClNO2S2. The second-order valence-corrected chi connectivity index (χ2v) is 5.46. The Morgan fingerprint density at radius 3 is 2.38 bits per heavy atom. The zero-order valence-corrected chi connectivity index (χ0v) is 10.4. The van der Waals surface area contributed by atoms with Gasteiger partial charge in [0.2, 0.25) is 0 Å². The third-order valence-corrected chi connectivity index (χ3v) is 3.96. The largest absolute Gasteiger partial charge is 0.289 e. The van der Waals surface area contributed by atoms with Gasteiger partial charge in [0.15, 0.2) is 0 Å². The maximum atomic E-state index is 11.3. The highest BCUT2D eigenvalue weighted by atomic mass is 35.5. The predicted octanol–water partition coefficient (Wildman–Crippen LogP) is 3.68. The number of para-hydroxylation sites is 1. The SMILES string of the molecule is O=S(O)N(c1ccccc1)c1ccc(Cl)s1. The van der Waals surface area contributed by atoms with E-state index in [-0.39, 0.29) is 0 Å².